The minimum absolute atomic E-state index is 0.139. The quantitative estimate of drug-likeness (QED) is 0.439. The standard InChI is InChI=1S/C18H23N5O3S/c1-8-12(16(25)26-4)9(2)20-13(8)14(24)10(3)27-18-22-15(11-6-5-7-11)21-17(19)23-18/h10-11,20H,5-7H2,1-4H3,(H2,19,21,22,23)/t10-/m0/s1. The van der Waals surface area contributed by atoms with Gasteiger partial charge in [0, 0.05) is 11.6 Å². The molecule has 0 saturated heterocycles. The smallest absolute Gasteiger partial charge is 0.339 e. The number of anilines is 1. The van der Waals surface area contributed by atoms with Gasteiger partial charge in [0.1, 0.15) is 5.82 Å². The zero-order valence-corrected chi connectivity index (χ0v) is 16.6. The lowest BCUT2D eigenvalue weighted by molar-refractivity contribution is 0.0599. The molecule has 1 aliphatic rings. The fourth-order valence-corrected chi connectivity index (χ4v) is 3.94. The number of thioether (sulfide) groups is 1. The van der Waals surface area contributed by atoms with Gasteiger partial charge in [-0.3, -0.25) is 4.79 Å². The molecule has 8 nitrogen and oxygen atoms in total. The van der Waals surface area contributed by atoms with Crippen molar-refractivity contribution in [2.45, 2.75) is 56.4 Å². The predicted molar refractivity (Wildman–Crippen MR) is 102 cm³/mol. The summed E-state index contributed by atoms with van der Waals surface area (Å²) >= 11 is 1.24. The Labute approximate surface area is 161 Å². The van der Waals surface area contributed by atoms with Crippen molar-refractivity contribution in [3.63, 3.8) is 0 Å². The molecule has 2 aromatic rings. The molecule has 27 heavy (non-hydrogen) atoms. The normalized spacial score (nSPS) is 15.3. The molecular formula is C18H23N5O3S. The third kappa shape index (κ3) is 3.83. The molecule has 9 heteroatoms. The zero-order chi connectivity index (χ0) is 19.7. The van der Waals surface area contributed by atoms with Gasteiger partial charge in [-0.05, 0) is 39.2 Å². The van der Waals surface area contributed by atoms with Gasteiger partial charge in [-0.2, -0.15) is 9.97 Å². The summed E-state index contributed by atoms with van der Waals surface area (Å²) in [5, 5.41) is -0.0114. The summed E-state index contributed by atoms with van der Waals surface area (Å²) in [7, 11) is 1.32. The van der Waals surface area contributed by atoms with Crippen molar-refractivity contribution in [3.8, 4) is 0 Å². The second-order valence-corrected chi connectivity index (χ2v) is 8.01. The van der Waals surface area contributed by atoms with Gasteiger partial charge in [0.25, 0.3) is 0 Å². The number of rotatable bonds is 6. The van der Waals surface area contributed by atoms with Crippen molar-refractivity contribution in [2.24, 2.45) is 0 Å². The molecule has 0 amide bonds. The maximum atomic E-state index is 12.9. The van der Waals surface area contributed by atoms with Crippen molar-refractivity contribution in [1.29, 1.82) is 0 Å². The van der Waals surface area contributed by atoms with Crippen LogP contribution >= 0.6 is 11.8 Å². The van der Waals surface area contributed by atoms with Crippen molar-refractivity contribution in [2.75, 3.05) is 12.8 Å². The molecule has 3 rings (SSSR count). The molecule has 0 spiro atoms. The highest BCUT2D eigenvalue weighted by Crippen LogP contribution is 2.35. The van der Waals surface area contributed by atoms with Gasteiger partial charge in [-0.1, -0.05) is 18.2 Å². The molecule has 0 aliphatic heterocycles. The number of nitrogens with zero attached hydrogens (tertiary/aromatic N) is 3. The average molecular weight is 389 g/mol. The summed E-state index contributed by atoms with van der Waals surface area (Å²) in [4.78, 5) is 40.7. The molecule has 1 atom stereocenters. The van der Waals surface area contributed by atoms with Gasteiger partial charge in [0.15, 0.2) is 10.9 Å². The summed E-state index contributed by atoms with van der Waals surface area (Å²) in [6.07, 6.45) is 3.28. The van der Waals surface area contributed by atoms with Crippen molar-refractivity contribution >= 4 is 29.5 Å². The number of carbonyl (C=O) groups excluding carboxylic acids is 2. The van der Waals surface area contributed by atoms with Crippen LogP contribution in [0, 0.1) is 13.8 Å². The summed E-state index contributed by atoms with van der Waals surface area (Å²) in [5.74, 6) is 0.609. The molecule has 1 saturated carbocycles. The SMILES string of the molecule is COC(=O)c1c(C)[nH]c(C(=O)[C@H](C)Sc2nc(N)nc(C3CCC3)n2)c1C. The minimum Gasteiger partial charge on any atom is -0.465 e. The number of H-pyrrole nitrogens is 1. The van der Waals surface area contributed by atoms with E-state index in [4.69, 9.17) is 10.5 Å². The third-order valence-corrected chi connectivity index (χ3v) is 5.81. The van der Waals surface area contributed by atoms with Gasteiger partial charge < -0.3 is 15.5 Å². The lowest BCUT2D eigenvalue weighted by Crippen LogP contribution is -2.18. The summed E-state index contributed by atoms with van der Waals surface area (Å²) in [6.45, 7) is 5.25. The number of nitrogen functional groups attached to an aromatic ring is 1. The number of methoxy groups -OCH3 is 1. The molecule has 2 aromatic heterocycles. The number of ether oxygens (including phenoxy) is 1. The molecule has 0 bridgehead atoms. The van der Waals surface area contributed by atoms with Gasteiger partial charge in [0.05, 0.1) is 23.6 Å². The second-order valence-electron chi connectivity index (χ2n) is 6.70. The first-order valence-electron chi connectivity index (χ1n) is 8.81. The number of hydrogen-bond acceptors (Lipinski definition) is 8. The van der Waals surface area contributed by atoms with Crippen LogP contribution in [0.1, 0.15) is 70.0 Å². The summed E-state index contributed by atoms with van der Waals surface area (Å²) < 4.78 is 4.80. The van der Waals surface area contributed by atoms with E-state index >= 15 is 0 Å². The van der Waals surface area contributed by atoms with Crippen molar-refractivity contribution < 1.29 is 14.3 Å². The van der Waals surface area contributed by atoms with Gasteiger partial charge in [0.2, 0.25) is 5.95 Å². The highest BCUT2D eigenvalue weighted by Gasteiger charge is 2.28. The first-order valence-corrected chi connectivity index (χ1v) is 9.69. The van der Waals surface area contributed by atoms with E-state index in [0.717, 1.165) is 12.8 Å². The number of Topliss-reactive ketones (excluding diaryl/α,β-unsaturated/α-hetero) is 1. The van der Waals surface area contributed by atoms with Gasteiger partial charge >= 0.3 is 5.97 Å². The second kappa shape index (κ2) is 7.67. The van der Waals surface area contributed by atoms with Crippen LogP contribution in [0.25, 0.3) is 0 Å². The molecule has 0 unspecified atom stereocenters. The van der Waals surface area contributed by atoms with Gasteiger partial charge in [-0.15, -0.1) is 0 Å². The summed E-state index contributed by atoms with van der Waals surface area (Å²) in [6, 6.07) is 0. The van der Waals surface area contributed by atoms with E-state index in [2.05, 4.69) is 19.9 Å². The monoisotopic (exact) mass is 389 g/mol. The molecule has 1 fully saturated rings. The molecule has 3 N–H and O–H groups in total. The molecule has 0 radical (unpaired) electrons. The number of nitrogens with two attached hydrogens (primary N) is 1. The van der Waals surface area contributed by atoms with Crippen LogP contribution in [0.2, 0.25) is 0 Å². The van der Waals surface area contributed by atoms with E-state index in [9.17, 15) is 9.59 Å². The molecule has 144 valence electrons. The van der Waals surface area contributed by atoms with E-state index in [1.165, 1.54) is 25.3 Å². The van der Waals surface area contributed by atoms with Crippen molar-refractivity contribution in [3.05, 3.63) is 28.3 Å². The number of hydrogen-bond donors (Lipinski definition) is 2. The maximum Gasteiger partial charge on any atom is 0.339 e. The molecule has 0 aromatic carbocycles. The topological polar surface area (TPSA) is 124 Å². The Morgan fingerprint density at radius 2 is 1.96 bits per heavy atom. The van der Waals surface area contributed by atoms with E-state index in [1.807, 2.05) is 0 Å². The highest BCUT2D eigenvalue weighted by molar-refractivity contribution is 8.00. The fraction of sp³-hybridized carbons (Fsp3) is 0.500. The predicted octanol–water partition coefficient (Wildman–Crippen LogP) is 2.82. The Kier molecular flexibility index (Phi) is 5.50. The lowest BCUT2D eigenvalue weighted by atomic mass is 9.85. The van der Waals surface area contributed by atoms with E-state index in [0.29, 0.717) is 39.4 Å². The Morgan fingerprint density at radius 1 is 1.26 bits per heavy atom. The number of aromatic nitrogens is 4. The van der Waals surface area contributed by atoms with Gasteiger partial charge in [-0.25, -0.2) is 9.78 Å². The maximum absolute atomic E-state index is 12.9. The Balaban J connectivity index is 1.81. The number of carbonyl (C=O) groups is 2. The first kappa shape index (κ1) is 19.3. The average Bonchev–Trinajstić information content (AvgIpc) is 2.86. The minimum atomic E-state index is -0.462. The van der Waals surface area contributed by atoms with Crippen LogP contribution in [-0.2, 0) is 4.74 Å². The summed E-state index contributed by atoms with van der Waals surface area (Å²) in [5.41, 5.74) is 7.81. The van der Waals surface area contributed by atoms with Crippen LogP contribution in [-0.4, -0.2) is 44.0 Å². The molecule has 2 heterocycles. The highest BCUT2D eigenvalue weighted by atomic mass is 32.2. The Morgan fingerprint density at radius 3 is 2.56 bits per heavy atom. The van der Waals surface area contributed by atoms with E-state index < -0.39 is 11.2 Å². The number of aryl methyl sites for hydroxylation is 1. The van der Waals surface area contributed by atoms with Crippen LogP contribution < -0.4 is 5.73 Å². The van der Waals surface area contributed by atoms with E-state index in [-0.39, 0.29) is 11.7 Å². The van der Waals surface area contributed by atoms with Crippen LogP contribution in [0.3, 0.4) is 0 Å². The fourth-order valence-electron chi connectivity index (χ4n) is 3.11. The van der Waals surface area contributed by atoms with Crippen LogP contribution in [0.5, 0.6) is 0 Å². The largest absolute Gasteiger partial charge is 0.465 e. The van der Waals surface area contributed by atoms with Crippen LogP contribution in [0.15, 0.2) is 5.16 Å². The first-order chi connectivity index (χ1) is 12.8. The Hall–Kier alpha value is -2.42. The number of aromatic amines is 1. The molecule has 1 aliphatic carbocycles. The zero-order valence-electron chi connectivity index (χ0n) is 15.8. The number of esters is 1. The third-order valence-electron chi connectivity index (χ3n) is 4.84. The number of ketones is 1. The Bertz CT molecular complexity index is 891. The van der Waals surface area contributed by atoms with Crippen LogP contribution in [0.4, 0.5) is 5.95 Å². The number of nitrogens with one attached hydrogen (secondary N) is 1. The van der Waals surface area contributed by atoms with Crippen molar-refractivity contribution in [1.82, 2.24) is 19.9 Å². The molecular weight excluding hydrogens is 366 g/mol. The lowest BCUT2D eigenvalue weighted by Gasteiger charge is -2.23. The van der Waals surface area contributed by atoms with E-state index in [1.54, 1.807) is 20.8 Å².